The van der Waals surface area contributed by atoms with Gasteiger partial charge in [0.25, 0.3) is 0 Å². The molecule has 9 atom stereocenters. The van der Waals surface area contributed by atoms with Crippen LogP contribution in [0.2, 0.25) is 0 Å². The zero-order chi connectivity index (χ0) is 20.3. The average molecular weight is 413 g/mol. The number of aliphatic carboxylic acids is 1. The third-order valence-corrected chi connectivity index (χ3v) is 10.0. The minimum Gasteiger partial charge on any atom is -0.550 e. The van der Waals surface area contributed by atoms with Crippen molar-refractivity contribution in [2.45, 2.75) is 91.1 Å². The second-order valence-electron chi connectivity index (χ2n) is 11.2. The molecule has 5 heteroatoms. The van der Waals surface area contributed by atoms with Crippen LogP contribution in [0.15, 0.2) is 0 Å². The molecular weight excluding hydrogens is 375 g/mol. The Morgan fingerprint density at radius 2 is 1.79 bits per heavy atom. The fourth-order valence-electron chi connectivity index (χ4n) is 8.43. The predicted octanol–water partition coefficient (Wildman–Crippen LogP) is 0.355. The first-order chi connectivity index (χ1) is 13.2. The zero-order valence-electron chi connectivity index (χ0n) is 18.8. The summed E-state index contributed by atoms with van der Waals surface area (Å²) in [5, 5.41) is 21.1. The molecule has 4 fully saturated rings. The summed E-state index contributed by atoms with van der Waals surface area (Å²) in [6.07, 6.45) is 8.54. The van der Waals surface area contributed by atoms with E-state index in [1.54, 1.807) is 0 Å². The summed E-state index contributed by atoms with van der Waals surface area (Å²) in [7, 11) is 0. The summed E-state index contributed by atoms with van der Waals surface area (Å²) in [5.41, 5.74) is 0.372. The summed E-state index contributed by atoms with van der Waals surface area (Å²) < 4.78 is 0. The molecule has 0 bridgehead atoms. The minimum atomic E-state index is -0.948. The van der Waals surface area contributed by atoms with Crippen molar-refractivity contribution in [1.29, 1.82) is 0 Å². The Morgan fingerprint density at radius 1 is 1.14 bits per heavy atom. The third kappa shape index (κ3) is 3.90. The third-order valence-electron chi connectivity index (χ3n) is 10.0. The Labute approximate surface area is 197 Å². The molecule has 1 N–H and O–H groups in total. The summed E-state index contributed by atoms with van der Waals surface area (Å²) in [6.45, 7) is 7.01. The van der Waals surface area contributed by atoms with E-state index in [2.05, 4.69) is 20.8 Å². The molecule has 0 aromatic carbocycles. The molecular formula is C24H37NaO4. The molecule has 0 amide bonds. The van der Waals surface area contributed by atoms with Gasteiger partial charge in [-0.2, -0.15) is 0 Å². The van der Waals surface area contributed by atoms with Crippen molar-refractivity contribution >= 4 is 11.8 Å². The number of aliphatic hydroxyl groups is 1. The Kier molecular flexibility index (Phi) is 7.01. The van der Waals surface area contributed by atoms with Gasteiger partial charge in [-0.25, -0.2) is 0 Å². The Morgan fingerprint density at radius 3 is 2.48 bits per heavy atom. The molecule has 4 aliphatic carbocycles. The molecule has 0 aromatic heterocycles. The molecule has 158 valence electrons. The maximum Gasteiger partial charge on any atom is 1.00 e. The van der Waals surface area contributed by atoms with Crippen LogP contribution in [0.4, 0.5) is 0 Å². The summed E-state index contributed by atoms with van der Waals surface area (Å²) in [6, 6.07) is 0. The molecule has 4 nitrogen and oxygen atoms in total. The number of fused-ring (bicyclic) bond motifs is 5. The quantitative estimate of drug-likeness (QED) is 0.677. The van der Waals surface area contributed by atoms with Crippen LogP contribution in [-0.2, 0) is 9.59 Å². The van der Waals surface area contributed by atoms with Gasteiger partial charge in [0.05, 0.1) is 6.10 Å². The largest absolute Gasteiger partial charge is 1.00 e. The fraction of sp³-hybridized carbons (Fsp3) is 0.917. The van der Waals surface area contributed by atoms with Gasteiger partial charge in [0, 0.05) is 18.3 Å². The van der Waals surface area contributed by atoms with E-state index in [1.807, 2.05) is 0 Å². The normalized spacial score (nSPS) is 47.4. The van der Waals surface area contributed by atoms with Crippen LogP contribution in [0.3, 0.4) is 0 Å². The first kappa shape index (κ1) is 23.8. The van der Waals surface area contributed by atoms with E-state index in [-0.39, 0.29) is 58.8 Å². The molecule has 0 aromatic rings. The van der Waals surface area contributed by atoms with Crippen molar-refractivity contribution in [1.82, 2.24) is 0 Å². The van der Waals surface area contributed by atoms with Crippen LogP contribution in [0.5, 0.6) is 0 Å². The van der Waals surface area contributed by atoms with Crippen molar-refractivity contribution in [3.63, 3.8) is 0 Å². The number of hydrogen-bond acceptors (Lipinski definition) is 4. The first-order valence-electron chi connectivity index (χ1n) is 11.6. The monoisotopic (exact) mass is 412 g/mol. The number of aliphatic hydroxyl groups excluding tert-OH is 1. The SMILES string of the molecule is C[C@H](CCC(=O)[O-])[C@H]1CC[C@H]2[C@@H]3C(=O)CC4C[C@H](O)CC[C@]4(C)[C@H]3CC[C@]12C.[Na+]. The van der Waals surface area contributed by atoms with Gasteiger partial charge in [-0.05, 0) is 98.2 Å². The second-order valence-corrected chi connectivity index (χ2v) is 11.2. The first-order valence-corrected chi connectivity index (χ1v) is 11.6. The summed E-state index contributed by atoms with van der Waals surface area (Å²) in [4.78, 5) is 24.3. The molecule has 29 heavy (non-hydrogen) atoms. The van der Waals surface area contributed by atoms with E-state index in [0.717, 1.165) is 44.9 Å². The standard InChI is InChI=1S/C24H38O4.Na/c1-14(4-7-21(27)28)17-5-6-18-22-19(9-11-24(17,18)3)23(2)10-8-16(25)12-15(23)13-20(22)26;/h14-19,22,25H,4-13H2,1-3H3,(H,27,28);/q;+1/p-1/t14-,15?,16-,17-,18+,19+,22+,23+,24-;/m1./s1. The Bertz CT molecular complexity index is 651. The predicted molar refractivity (Wildman–Crippen MR) is 105 cm³/mol. The van der Waals surface area contributed by atoms with Crippen LogP contribution < -0.4 is 34.7 Å². The molecule has 0 radical (unpaired) electrons. The van der Waals surface area contributed by atoms with E-state index >= 15 is 0 Å². The van der Waals surface area contributed by atoms with Crippen LogP contribution in [0, 0.1) is 46.3 Å². The topological polar surface area (TPSA) is 77.4 Å². The smallest absolute Gasteiger partial charge is 0.550 e. The van der Waals surface area contributed by atoms with Crippen LogP contribution >= 0.6 is 0 Å². The van der Waals surface area contributed by atoms with Crippen LogP contribution in [0.1, 0.15) is 85.0 Å². The molecule has 4 saturated carbocycles. The molecule has 4 aliphatic rings. The molecule has 4 rings (SSSR count). The van der Waals surface area contributed by atoms with Gasteiger partial charge in [0.1, 0.15) is 5.78 Å². The van der Waals surface area contributed by atoms with Gasteiger partial charge >= 0.3 is 29.6 Å². The number of carbonyl (C=O) groups excluding carboxylic acids is 2. The van der Waals surface area contributed by atoms with Crippen molar-refractivity contribution in [2.24, 2.45) is 46.3 Å². The Balaban J connectivity index is 0.00000240. The molecule has 0 saturated heterocycles. The zero-order valence-corrected chi connectivity index (χ0v) is 20.8. The molecule has 1 unspecified atom stereocenters. The number of rotatable bonds is 4. The van der Waals surface area contributed by atoms with Gasteiger partial charge in [0.2, 0.25) is 0 Å². The summed E-state index contributed by atoms with van der Waals surface area (Å²) in [5.74, 6) is 1.87. The Hall–Kier alpha value is 0.1000. The van der Waals surface area contributed by atoms with Crippen LogP contribution in [-0.4, -0.2) is 23.0 Å². The van der Waals surface area contributed by atoms with Crippen molar-refractivity contribution in [3.05, 3.63) is 0 Å². The van der Waals surface area contributed by atoms with Gasteiger partial charge < -0.3 is 15.0 Å². The van der Waals surface area contributed by atoms with Crippen molar-refractivity contribution in [3.8, 4) is 0 Å². The molecule has 0 spiro atoms. The van der Waals surface area contributed by atoms with Gasteiger partial charge in [-0.1, -0.05) is 20.8 Å². The van der Waals surface area contributed by atoms with Gasteiger partial charge in [0.15, 0.2) is 0 Å². The second kappa shape index (κ2) is 8.56. The number of Topliss-reactive ketones (excluding diaryl/α,β-unsaturated/α-hetero) is 1. The van der Waals surface area contributed by atoms with Crippen molar-refractivity contribution < 1.29 is 49.4 Å². The summed E-state index contributed by atoms with van der Waals surface area (Å²) >= 11 is 0. The minimum absolute atomic E-state index is 0. The number of hydrogen-bond donors (Lipinski definition) is 1. The molecule has 0 aliphatic heterocycles. The number of carboxylic acids is 1. The van der Waals surface area contributed by atoms with E-state index in [4.69, 9.17) is 0 Å². The molecule has 0 heterocycles. The van der Waals surface area contributed by atoms with Crippen molar-refractivity contribution in [2.75, 3.05) is 0 Å². The average Bonchev–Trinajstić information content (AvgIpc) is 2.98. The maximum atomic E-state index is 13.3. The fourth-order valence-corrected chi connectivity index (χ4v) is 8.43. The van der Waals surface area contributed by atoms with E-state index in [1.165, 1.54) is 0 Å². The van der Waals surface area contributed by atoms with Gasteiger partial charge in [-0.15, -0.1) is 0 Å². The van der Waals surface area contributed by atoms with E-state index in [0.29, 0.717) is 48.2 Å². The van der Waals surface area contributed by atoms with Crippen LogP contribution in [0.25, 0.3) is 0 Å². The van der Waals surface area contributed by atoms with E-state index in [9.17, 15) is 19.8 Å². The van der Waals surface area contributed by atoms with E-state index < -0.39 is 5.97 Å². The maximum absolute atomic E-state index is 13.3. The number of carboxylic acid groups (broad SMARTS) is 1. The van der Waals surface area contributed by atoms with Gasteiger partial charge in [-0.3, -0.25) is 4.79 Å². The number of carbonyl (C=O) groups is 2. The number of ketones is 1.